The molecule has 4 aliphatic heterocycles. The Morgan fingerprint density at radius 2 is 0.674 bits per heavy atom. The molecule has 0 aromatic carbocycles. The molecule has 0 aromatic heterocycles. The lowest BCUT2D eigenvalue weighted by Gasteiger charge is -2.33. The van der Waals surface area contributed by atoms with E-state index in [1.54, 1.807) is 55.4 Å². The van der Waals surface area contributed by atoms with Gasteiger partial charge < -0.3 is 132 Å². The molecule has 0 unspecified atom stereocenters. The molecule has 4 saturated heterocycles. The Morgan fingerprint density at radius 1 is 0.356 bits per heavy atom. The summed E-state index contributed by atoms with van der Waals surface area (Å²) in [5, 5.41) is 69.9. The normalized spacial score (nSPS) is 18.8. The first-order valence-electron chi connectivity index (χ1n) is 44.8. The molecule has 25 N–H and O–H groups in total. The summed E-state index contributed by atoms with van der Waals surface area (Å²) >= 11 is 0. The summed E-state index contributed by atoms with van der Waals surface area (Å²) in [6.07, 6.45) is -9.59. The summed E-state index contributed by atoms with van der Waals surface area (Å²) in [7, 11) is 0. The van der Waals surface area contributed by atoms with Crippen LogP contribution in [0.15, 0.2) is 0 Å². The number of rotatable bonds is 51. The largest absolute Gasteiger partial charge is 0.490 e. The van der Waals surface area contributed by atoms with E-state index in [4.69, 9.17) is 32.8 Å². The highest BCUT2D eigenvalue weighted by molar-refractivity contribution is 6.03. The van der Waals surface area contributed by atoms with E-state index in [-0.39, 0.29) is 115 Å². The lowest BCUT2D eigenvalue weighted by molar-refractivity contribution is -0.192. The van der Waals surface area contributed by atoms with Crippen LogP contribution in [0.1, 0.15) is 206 Å². The third-order valence-corrected chi connectivity index (χ3v) is 22.2. The number of primary amides is 3. The first-order valence-corrected chi connectivity index (χ1v) is 44.8. The molecule has 4 rings (SSSR count). The van der Waals surface area contributed by atoms with Crippen molar-refractivity contribution in [2.24, 2.45) is 58.4 Å². The van der Waals surface area contributed by atoms with Crippen LogP contribution < -0.4 is 92.1 Å². The number of nitrogens with two attached hydrogens (primary N) is 4. The van der Waals surface area contributed by atoms with Crippen molar-refractivity contribution in [3.63, 3.8) is 0 Å². The van der Waals surface area contributed by atoms with E-state index in [2.05, 4.69) is 69.1 Å². The van der Waals surface area contributed by atoms with Gasteiger partial charge in [-0.1, -0.05) is 83.1 Å². The molecule has 0 saturated carbocycles. The fourth-order valence-corrected chi connectivity index (χ4v) is 15.5. The topological polar surface area (TPSA) is 747 Å². The Labute approximate surface area is 778 Å². The summed E-state index contributed by atoms with van der Waals surface area (Å²) in [5.74, 6) is -27.2. The predicted octanol–water partition coefficient (Wildman–Crippen LogP) is -6.05. The lowest BCUT2D eigenvalue weighted by Crippen LogP contribution is -2.62. The number of carbonyl (C=O) groups is 23. The lowest BCUT2D eigenvalue weighted by atomic mass is 9.99. The number of carbonyl (C=O) groups excluding carboxylic acids is 20. The first-order chi connectivity index (χ1) is 62.7. The van der Waals surface area contributed by atoms with Gasteiger partial charge in [0.05, 0.1) is 38.5 Å². The molecule has 135 heavy (non-hydrogen) atoms. The summed E-state index contributed by atoms with van der Waals surface area (Å²) in [6, 6.07) is -24.1. The van der Waals surface area contributed by atoms with Gasteiger partial charge in [0.2, 0.25) is 118 Å². The Balaban J connectivity index is 0.00000643. The van der Waals surface area contributed by atoms with Gasteiger partial charge in [0.1, 0.15) is 96.7 Å². The van der Waals surface area contributed by atoms with Gasteiger partial charge in [0.15, 0.2) is 0 Å². The molecule has 0 bridgehead atoms. The van der Waals surface area contributed by atoms with Crippen LogP contribution in [0.4, 0.5) is 13.2 Å². The molecule has 4 fully saturated rings. The molecule has 51 heteroatoms. The van der Waals surface area contributed by atoms with Gasteiger partial charge in [0.25, 0.3) is 0 Å². The summed E-state index contributed by atoms with van der Waals surface area (Å²) in [6.45, 7) is 21.6. The highest BCUT2D eigenvalue weighted by atomic mass is 19.4. The summed E-state index contributed by atoms with van der Waals surface area (Å²) in [5.41, 5.74) is 21.9. The van der Waals surface area contributed by atoms with Crippen molar-refractivity contribution in [3.8, 4) is 0 Å². The number of alkyl halides is 3. The molecular weight excluding hydrogens is 1790 g/mol. The predicted molar refractivity (Wildman–Crippen MR) is 469 cm³/mol. The van der Waals surface area contributed by atoms with Crippen molar-refractivity contribution in [1.29, 1.82) is 0 Å². The maximum absolute atomic E-state index is 14.9. The number of carboxylic acids is 3. The second-order valence-electron chi connectivity index (χ2n) is 36.3. The maximum Gasteiger partial charge on any atom is 0.490 e. The minimum absolute atomic E-state index is 0.00117. The fourth-order valence-electron chi connectivity index (χ4n) is 15.5. The highest BCUT2D eigenvalue weighted by Gasteiger charge is 2.48. The number of aliphatic carboxylic acids is 3. The van der Waals surface area contributed by atoms with Crippen LogP contribution in [0.3, 0.4) is 0 Å². The number of hydrogen-bond donors (Lipinski definition) is 21. The van der Waals surface area contributed by atoms with Crippen molar-refractivity contribution < 1.29 is 144 Å². The average Bonchev–Trinajstić information content (AvgIpc) is 1.65. The van der Waals surface area contributed by atoms with Gasteiger partial charge in [-0.25, -0.2) is 4.79 Å². The van der Waals surface area contributed by atoms with Gasteiger partial charge in [0, 0.05) is 32.6 Å². The first kappa shape index (κ1) is 117. The molecule has 760 valence electrons. The minimum atomic E-state index is -5.08. The van der Waals surface area contributed by atoms with Crippen LogP contribution in [-0.2, 0) is 110 Å². The Hall–Kier alpha value is -12.5. The summed E-state index contributed by atoms with van der Waals surface area (Å²) < 4.78 is 31.7. The molecule has 0 radical (unpaired) electrons. The number of carboxylic acid groups (broad SMARTS) is 3. The van der Waals surface area contributed by atoms with Crippen LogP contribution in [0.5, 0.6) is 0 Å². The standard InChI is InChI=1S/C82H135N21O25.C2HF3O2/c1-38(2)29-47(68(113)91-49(33-59(85)106)71(116)97-64(42(9)10)76(121)96-53(34-60(86)107)80(125)100-25-15-19-54(100)72(117)88-44(13)82(127)128)93-73(118)55-20-16-26-101(55)79(124)52(32-41(7)8)95-77(122)66(45(14)104)99-67(112)46(23-24-58(84)105)90-70(115)50(35-63(110)111)92-69(114)48(30-39(3)4)94-74(119)56-21-18-28-103(56)81(126)65(43(11)12)98-75(120)57-22-17-27-102(57)78(123)51(31-40(5)6)89-62(109)37-87-61(108)36-83;3-2(4,5)1(6)7/h38-57,64-66,104H,15-37,83H2,1-14H3,(H2,84,105)(H2,85,106)(H2,86,107)(H,87,108)(H,88,117)(H,89,109)(H,90,115)(H,91,113)(H,92,114)(H,93,118)(H,94,119)(H,95,122)(H,96,121)(H,97,116)(H,98,120)(H,99,112)(H,110,111)(H,127,128);(H,6,7)/t44-,45+,46-,47-,48-,49-,50-,51-,52-,53-,54-,55-,56-,57-,64-,65-,66-;/m0./s1. The van der Waals surface area contributed by atoms with Gasteiger partial charge >= 0.3 is 24.1 Å². The van der Waals surface area contributed by atoms with E-state index >= 15 is 0 Å². The number of hydrogen-bond acceptors (Lipinski definition) is 25. The molecule has 17 atom stereocenters. The Kier molecular flexibility index (Phi) is 47.3. The zero-order valence-electron chi connectivity index (χ0n) is 78.5. The van der Waals surface area contributed by atoms with Gasteiger partial charge in [-0.15, -0.1) is 0 Å². The molecule has 20 amide bonds. The summed E-state index contributed by atoms with van der Waals surface area (Å²) in [4.78, 5) is 314. The number of aliphatic hydroxyl groups is 1. The number of likely N-dealkylation sites (tertiary alicyclic amines) is 4. The zero-order valence-corrected chi connectivity index (χ0v) is 78.5. The average molecular weight is 1930 g/mol. The Bertz CT molecular complexity index is 4270. The molecule has 4 aliphatic rings. The van der Waals surface area contributed by atoms with Crippen LogP contribution in [0, 0.1) is 35.5 Å². The zero-order chi connectivity index (χ0) is 103. The van der Waals surface area contributed by atoms with E-state index in [0.717, 1.165) is 16.7 Å². The van der Waals surface area contributed by atoms with E-state index < -0.39 is 301 Å². The minimum Gasteiger partial charge on any atom is -0.481 e. The molecule has 0 aliphatic carbocycles. The van der Waals surface area contributed by atoms with E-state index in [9.17, 15) is 134 Å². The van der Waals surface area contributed by atoms with Crippen LogP contribution in [0.25, 0.3) is 0 Å². The number of aliphatic hydroxyl groups excluding tert-OH is 1. The fraction of sp³-hybridized carbons (Fsp3) is 0.726. The molecule has 0 spiro atoms. The van der Waals surface area contributed by atoms with Crippen molar-refractivity contribution >= 4 is 136 Å². The van der Waals surface area contributed by atoms with Crippen molar-refractivity contribution in [1.82, 2.24) is 88.7 Å². The van der Waals surface area contributed by atoms with Crippen LogP contribution in [0.2, 0.25) is 0 Å². The molecule has 0 aromatic rings. The van der Waals surface area contributed by atoms with Gasteiger partial charge in [-0.05, 0) is 133 Å². The number of halogens is 3. The second kappa shape index (κ2) is 54.8. The van der Waals surface area contributed by atoms with E-state index in [0.29, 0.717) is 12.8 Å². The number of amides is 20. The van der Waals surface area contributed by atoms with Crippen molar-refractivity contribution in [3.05, 3.63) is 0 Å². The molecule has 4 heterocycles. The SMILES string of the molecule is CC(C)C[C@H](NC(=O)[C@@H]1CCCN1C(=O)[C@H](CC(C)C)NC(=O)[C@@H](NC(=O)[C@H](CCC(N)=O)NC(=O)[C@H](CC(=O)O)NC(=O)[C@H](CC(C)C)NC(=O)[C@@H]1CCCN1C(=O)[C@@H](NC(=O)[C@@H]1CCCN1C(=O)[C@H](CC(C)C)NC(=O)CNC(=O)CN)C(C)C)[C@@H](C)O)C(=O)N[C@@H](CC(N)=O)C(=O)N[C@H](C(=O)N[C@@H](CC(N)=O)C(=O)N1CCC[C@H]1C(=O)N[C@@H](C)C(=O)O)C(C)C.O=C(O)C(F)(F)F. The van der Waals surface area contributed by atoms with Crippen molar-refractivity contribution in [2.75, 3.05) is 39.3 Å². The van der Waals surface area contributed by atoms with E-state index in [1.165, 1.54) is 30.6 Å². The van der Waals surface area contributed by atoms with Crippen LogP contribution in [-0.4, -0.2) is 324 Å². The highest BCUT2D eigenvalue weighted by Crippen LogP contribution is 2.28. The van der Waals surface area contributed by atoms with Crippen LogP contribution >= 0.6 is 0 Å². The number of nitrogens with zero attached hydrogens (tertiary/aromatic N) is 4. The molecular formula is C84H136F3N21O27. The van der Waals surface area contributed by atoms with Gasteiger partial charge in [-0.3, -0.25) is 105 Å². The number of nitrogens with one attached hydrogen (secondary N) is 13. The second-order valence-corrected chi connectivity index (χ2v) is 36.3. The third kappa shape index (κ3) is 38.1. The van der Waals surface area contributed by atoms with Crippen molar-refractivity contribution in [2.45, 2.75) is 315 Å². The smallest absolute Gasteiger partial charge is 0.481 e. The third-order valence-electron chi connectivity index (χ3n) is 22.2. The van der Waals surface area contributed by atoms with Gasteiger partial charge in [-0.2, -0.15) is 13.2 Å². The molecule has 48 nitrogen and oxygen atoms in total. The quantitative estimate of drug-likeness (QED) is 0.0270. The van der Waals surface area contributed by atoms with E-state index in [1.807, 2.05) is 13.8 Å². The monoisotopic (exact) mass is 1930 g/mol. The maximum atomic E-state index is 14.9. The Morgan fingerprint density at radius 3 is 1.04 bits per heavy atom.